The molecule has 5 atom stereocenters. The van der Waals surface area contributed by atoms with Gasteiger partial charge in [-0.15, -0.1) is 11.3 Å². The van der Waals surface area contributed by atoms with Crippen molar-refractivity contribution in [3.63, 3.8) is 0 Å². The lowest BCUT2D eigenvalue weighted by Crippen LogP contribution is -2.57. The maximum atomic E-state index is 14.8. The number of carbonyl (C=O) groups is 3. The first-order valence-corrected chi connectivity index (χ1v) is 22.9. The lowest BCUT2D eigenvalue weighted by atomic mass is 10.0. The number of ether oxygens (including phenoxy) is 2. The fourth-order valence-electron chi connectivity index (χ4n) is 8.14. The standard InChI is InChI=1S/C43H51N7O7S2/c1-25(2)34-24-58-40(47-34)33-21-31-26(3)36(56-4)18-17-30(31)39(46-33)57-28-20-35-38(51)48-43(42(53)49-59(54,55)29-15-16-29)22-27(43)12-8-6-5-7-9-13-32(41(52)50(35)23-28)45-37-14-10-11-19-44-37/h8,10-12,14,17-19,21,24-25,27-29,32,35H,5-7,9,13,15-16,20,22-23H2,1-4H3,(H,44,45)(H,48,51)(H,49,53)/b12-8-/t27-,28+,32-,35-,43+/m0/s1. The van der Waals surface area contributed by atoms with E-state index in [1.165, 1.54) is 16.2 Å². The quantitative estimate of drug-likeness (QED) is 0.159. The number of sulfonamides is 1. The van der Waals surface area contributed by atoms with Gasteiger partial charge in [0.2, 0.25) is 27.7 Å². The second kappa shape index (κ2) is 16.5. The maximum absolute atomic E-state index is 14.8. The van der Waals surface area contributed by atoms with Gasteiger partial charge in [0.05, 0.1) is 24.6 Å². The zero-order valence-electron chi connectivity index (χ0n) is 33.8. The lowest BCUT2D eigenvalue weighted by molar-refractivity contribution is -0.140. The topological polar surface area (TPSA) is 182 Å². The first-order chi connectivity index (χ1) is 28.4. The second-order valence-corrected chi connectivity index (χ2v) is 19.3. The highest BCUT2D eigenvalue weighted by Gasteiger charge is 2.62. The molecule has 0 bridgehead atoms. The van der Waals surface area contributed by atoms with Crippen LogP contribution in [0.25, 0.3) is 21.5 Å². The molecule has 312 valence electrons. The number of aromatic nitrogens is 3. The van der Waals surface area contributed by atoms with Crippen molar-refractivity contribution in [1.29, 1.82) is 0 Å². The third-order valence-electron chi connectivity index (χ3n) is 11.9. The average Bonchev–Trinajstić information content (AvgIpc) is 4.09. The Balaban J connectivity index is 1.15. The molecule has 0 spiro atoms. The van der Waals surface area contributed by atoms with Crippen LogP contribution in [0, 0.1) is 12.8 Å². The number of benzene rings is 1. The van der Waals surface area contributed by atoms with Crippen LogP contribution >= 0.6 is 11.3 Å². The van der Waals surface area contributed by atoms with Crippen molar-refractivity contribution < 1.29 is 32.3 Å². The molecule has 4 aromatic rings. The molecule has 3 amide bonds. The van der Waals surface area contributed by atoms with E-state index in [1.807, 2.05) is 48.7 Å². The van der Waals surface area contributed by atoms with Gasteiger partial charge in [-0.3, -0.25) is 19.1 Å². The summed E-state index contributed by atoms with van der Waals surface area (Å²) in [5, 5.41) is 10.1. The molecule has 0 unspecified atom stereocenters. The summed E-state index contributed by atoms with van der Waals surface area (Å²) in [4.78, 5) is 59.1. The van der Waals surface area contributed by atoms with E-state index < -0.39 is 56.7 Å². The number of carbonyl (C=O) groups excluding carboxylic acids is 3. The van der Waals surface area contributed by atoms with E-state index in [0.717, 1.165) is 52.7 Å². The number of rotatable bonds is 10. The third-order valence-corrected chi connectivity index (χ3v) is 14.6. The molecule has 5 heterocycles. The number of pyridine rings is 2. The number of anilines is 1. The third kappa shape index (κ3) is 8.51. The summed E-state index contributed by atoms with van der Waals surface area (Å²) >= 11 is 1.50. The Morgan fingerprint density at radius 3 is 2.63 bits per heavy atom. The summed E-state index contributed by atoms with van der Waals surface area (Å²) in [7, 11) is -2.26. The Bertz CT molecular complexity index is 2380. The van der Waals surface area contributed by atoms with Gasteiger partial charge in [0.25, 0.3) is 5.91 Å². The Kier molecular flexibility index (Phi) is 11.4. The van der Waals surface area contributed by atoms with Gasteiger partial charge in [-0.1, -0.05) is 44.9 Å². The van der Waals surface area contributed by atoms with Crippen LogP contribution in [0.5, 0.6) is 11.6 Å². The molecule has 8 rings (SSSR count). The van der Waals surface area contributed by atoms with Gasteiger partial charge in [0.15, 0.2) is 0 Å². The van der Waals surface area contributed by atoms with E-state index in [0.29, 0.717) is 42.4 Å². The van der Waals surface area contributed by atoms with Gasteiger partial charge in [0, 0.05) is 29.3 Å². The molecule has 0 radical (unpaired) electrons. The van der Waals surface area contributed by atoms with E-state index in [2.05, 4.69) is 34.2 Å². The molecule has 1 saturated heterocycles. The summed E-state index contributed by atoms with van der Waals surface area (Å²) in [5.74, 6) is -0.194. The molecule has 1 aromatic carbocycles. The minimum absolute atomic E-state index is 0.0627. The van der Waals surface area contributed by atoms with Crippen molar-refractivity contribution in [2.75, 3.05) is 19.0 Å². The maximum Gasteiger partial charge on any atom is 0.259 e. The van der Waals surface area contributed by atoms with Gasteiger partial charge in [-0.2, -0.15) is 0 Å². The molecular weight excluding hydrogens is 791 g/mol. The highest BCUT2D eigenvalue weighted by molar-refractivity contribution is 7.91. The van der Waals surface area contributed by atoms with Crippen LogP contribution in [-0.2, 0) is 24.4 Å². The molecule has 14 nitrogen and oxygen atoms in total. The van der Waals surface area contributed by atoms with Gasteiger partial charge < -0.3 is 25.0 Å². The highest BCUT2D eigenvalue weighted by Crippen LogP contribution is 2.46. The molecule has 3 fully saturated rings. The average molecular weight is 842 g/mol. The number of aryl methyl sites for hydroxylation is 1. The van der Waals surface area contributed by atoms with Crippen LogP contribution in [0.4, 0.5) is 5.82 Å². The number of hydrogen-bond donors (Lipinski definition) is 3. The van der Waals surface area contributed by atoms with Crippen LogP contribution in [0.1, 0.15) is 88.8 Å². The normalized spacial score (nSPS) is 25.6. The first-order valence-electron chi connectivity index (χ1n) is 20.5. The molecule has 3 aromatic heterocycles. The zero-order valence-corrected chi connectivity index (χ0v) is 35.4. The smallest absolute Gasteiger partial charge is 0.259 e. The van der Waals surface area contributed by atoms with Crippen molar-refractivity contribution in [2.45, 2.75) is 113 Å². The highest BCUT2D eigenvalue weighted by atomic mass is 32.2. The number of amides is 3. The summed E-state index contributed by atoms with van der Waals surface area (Å²) in [6, 6.07) is 9.45. The largest absolute Gasteiger partial charge is 0.496 e. The summed E-state index contributed by atoms with van der Waals surface area (Å²) < 4.78 is 40.6. The van der Waals surface area contributed by atoms with E-state index in [-0.39, 0.29) is 31.2 Å². The summed E-state index contributed by atoms with van der Waals surface area (Å²) in [6.45, 7) is 6.22. The van der Waals surface area contributed by atoms with E-state index >= 15 is 0 Å². The van der Waals surface area contributed by atoms with Crippen LogP contribution in [-0.4, -0.2) is 88.6 Å². The van der Waals surface area contributed by atoms with Crippen molar-refractivity contribution >= 4 is 55.7 Å². The fraction of sp³-hybridized carbons (Fsp3) is 0.488. The molecule has 2 aliphatic heterocycles. The Labute approximate surface area is 348 Å². The fourth-order valence-corrected chi connectivity index (χ4v) is 10.4. The number of allylic oxidation sites excluding steroid dienone is 1. The zero-order chi connectivity index (χ0) is 41.5. The number of nitrogens with one attached hydrogen (secondary N) is 3. The number of nitrogens with zero attached hydrogens (tertiary/aromatic N) is 4. The summed E-state index contributed by atoms with van der Waals surface area (Å²) in [6.07, 6.45) is 9.94. The van der Waals surface area contributed by atoms with E-state index in [1.54, 1.807) is 25.4 Å². The number of fused-ring (bicyclic) bond motifs is 3. The lowest BCUT2D eigenvalue weighted by Gasteiger charge is -2.30. The minimum atomic E-state index is -3.88. The predicted molar refractivity (Wildman–Crippen MR) is 226 cm³/mol. The molecule has 59 heavy (non-hydrogen) atoms. The molecule has 16 heteroatoms. The molecule has 2 aliphatic carbocycles. The Morgan fingerprint density at radius 2 is 1.90 bits per heavy atom. The van der Waals surface area contributed by atoms with Crippen LogP contribution in [0.15, 0.2) is 60.1 Å². The SMILES string of the molecule is COc1ccc2c(O[C@@H]3C[C@H]4C(=O)N[C@]5(C(=O)NS(=O)(=O)C6CC6)C[C@@H]5/C=C\CCCCC[C@H](Nc5ccccn5)C(=O)N4C3)nc(-c3nc(C(C)C)cs3)cc2c1C. The monoisotopic (exact) mass is 841 g/mol. The minimum Gasteiger partial charge on any atom is -0.496 e. The Hall–Kier alpha value is -5.09. The van der Waals surface area contributed by atoms with Gasteiger partial charge in [-0.05, 0) is 92.6 Å². The van der Waals surface area contributed by atoms with Crippen molar-refractivity contribution in [2.24, 2.45) is 5.92 Å². The predicted octanol–water partition coefficient (Wildman–Crippen LogP) is 6.03. The van der Waals surface area contributed by atoms with E-state index in [9.17, 15) is 22.8 Å². The Morgan fingerprint density at radius 1 is 1.07 bits per heavy atom. The summed E-state index contributed by atoms with van der Waals surface area (Å²) in [5.41, 5.74) is 1.01. The van der Waals surface area contributed by atoms with Crippen molar-refractivity contribution in [3.05, 3.63) is 71.4 Å². The number of hydrogen-bond acceptors (Lipinski definition) is 12. The van der Waals surface area contributed by atoms with Crippen molar-refractivity contribution in [3.8, 4) is 22.3 Å². The first kappa shape index (κ1) is 40.7. The second-order valence-electron chi connectivity index (χ2n) is 16.4. The molecule has 2 saturated carbocycles. The van der Waals surface area contributed by atoms with Gasteiger partial charge in [0.1, 0.15) is 46.0 Å². The van der Waals surface area contributed by atoms with Gasteiger partial charge >= 0.3 is 0 Å². The number of thiazole rings is 1. The molecule has 4 aliphatic rings. The number of methoxy groups -OCH3 is 1. The van der Waals surface area contributed by atoms with Crippen molar-refractivity contribution in [1.82, 2.24) is 29.9 Å². The van der Waals surface area contributed by atoms with Crippen LogP contribution in [0.3, 0.4) is 0 Å². The molecule has 3 N–H and O–H groups in total. The van der Waals surface area contributed by atoms with E-state index in [4.69, 9.17) is 19.4 Å². The van der Waals surface area contributed by atoms with Crippen LogP contribution in [0.2, 0.25) is 0 Å². The van der Waals surface area contributed by atoms with Gasteiger partial charge in [-0.25, -0.2) is 23.4 Å². The molecular formula is C43H51N7O7S2. The van der Waals surface area contributed by atoms with Crippen LogP contribution < -0.4 is 24.8 Å².